The molecule has 1 atom stereocenters. The van der Waals surface area contributed by atoms with E-state index in [9.17, 15) is 9.59 Å². The van der Waals surface area contributed by atoms with Crippen LogP contribution in [0.2, 0.25) is 0 Å². The van der Waals surface area contributed by atoms with Gasteiger partial charge < -0.3 is 10.2 Å². The molecular formula is C18H21N3O2S. The van der Waals surface area contributed by atoms with Gasteiger partial charge in [-0.25, -0.2) is 4.98 Å². The second-order valence-electron chi connectivity index (χ2n) is 5.97. The molecule has 0 spiro atoms. The first-order valence-electron chi connectivity index (χ1n) is 8.21. The van der Waals surface area contributed by atoms with E-state index in [0.29, 0.717) is 24.2 Å². The zero-order valence-electron chi connectivity index (χ0n) is 13.9. The topological polar surface area (TPSA) is 62.3 Å². The van der Waals surface area contributed by atoms with Crippen molar-refractivity contribution in [3.05, 3.63) is 45.9 Å². The summed E-state index contributed by atoms with van der Waals surface area (Å²) in [6, 6.07) is 5.55. The van der Waals surface area contributed by atoms with Gasteiger partial charge in [0.05, 0.1) is 17.3 Å². The van der Waals surface area contributed by atoms with E-state index in [1.54, 1.807) is 11.1 Å². The first-order valence-corrected chi connectivity index (χ1v) is 9.09. The third-order valence-electron chi connectivity index (χ3n) is 4.22. The fourth-order valence-corrected chi connectivity index (χ4v) is 3.72. The van der Waals surface area contributed by atoms with Crippen LogP contribution in [0.3, 0.4) is 0 Å². The molecule has 1 aromatic heterocycles. The fourth-order valence-electron chi connectivity index (χ4n) is 2.95. The molecule has 0 radical (unpaired) electrons. The van der Waals surface area contributed by atoms with Crippen LogP contribution in [0.15, 0.2) is 29.8 Å². The molecule has 5 nitrogen and oxygen atoms in total. The van der Waals surface area contributed by atoms with E-state index in [1.807, 2.05) is 37.4 Å². The number of thiazole rings is 1. The zero-order chi connectivity index (χ0) is 17.1. The summed E-state index contributed by atoms with van der Waals surface area (Å²) in [7, 11) is 0. The SMILES string of the molecule is CC[C@@H](NC(=O)c1cc(C)ccc1N1CCCC1=O)c1nccs1. The Hall–Kier alpha value is -2.21. The smallest absolute Gasteiger partial charge is 0.253 e. The van der Waals surface area contributed by atoms with E-state index >= 15 is 0 Å². The van der Waals surface area contributed by atoms with Crippen molar-refractivity contribution in [3.63, 3.8) is 0 Å². The number of nitrogens with one attached hydrogen (secondary N) is 1. The highest BCUT2D eigenvalue weighted by Gasteiger charge is 2.27. The van der Waals surface area contributed by atoms with Crippen LogP contribution in [0, 0.1) is 6.92 Å². The monoisotopic (exact) mass is 343 g/mol. The Bertz CT molecular complexity index is 743. The fraction of sp³-hybridized carbons (Fsp3) is 0.389. The molecule has 126 valence electrons. The van der Waals surface area contributed by atoms with Gasteiger partial charge in [-0.05, 0) is 31.9 Å². The molecular weight excluding hydrogens is 322 g/mol. The van der Waals surface area contributed by atoms with Gasteiger partial charge in [0.2, 0.25) is 5.91 Å². The van der Waals surface area contributed by atoms with Crippen molar-refractivity contribution in [1.82, 2.24) is 10.3 Å². The highest BCUT2D eigenvalue weighted by molar-refractivity contribution is 7.09. The number of hydrogen-bond acceptors (Lipinski definition) is 4. The highest BCUT2D eigenvalue weighted by Crippen LogP contribution is 2.28. The van der Waals surface area contributed by atoms with E-state index in [0.717, 1.165) is 23.4 Å². The van der Waals surface area contributed by atoms with Gasteiger partial charge in [-0.2, -0.15) is 0 Å². The lowest BCUT2D eigenvalue weighted by Crippen LogP contribution is -2.31. The summed E-state index contributed by atoms with van der Waals surface area (Å²) in [5, 5.41) is 5.87. The van der Waals surface area contributed by atoms with Crippen molar-refractivity contribution in [3.8, 4) is 0 Å². The van der Waals surface area contributed by atoms with Crippen LogP contribution in [-0.2, 0) is 4.79 Å². The molecule has 2 amide bonds. The Labute approximate surface area is 145 Å². The number of carbonyl (C=O) groups excluding carboxylic acids is 2. The number of nitrogens with zero attached hydrogens (tertiary/aromatic N) is 2. The molecule has 1 N–H and O–H groups in total. The van der Waals surface area contributed by atoms with Crippen molar-refractivity contribution < 1.29 is 9.59 Å². The number of rotatable bonds is 5. The number of carbonyl (C=O) groups is 2. The second kappa shape index (κ2) is 7.13. The number of anilines is 1. The summed E-state index contributed by atoms with van der Waals surface area (Å²) < 4.78 is 0. The first-order chi connectivity index (χ1) is 11.6. The molecule has 0 aliphatic carbocycles. The van der Waals surface area contributed by atoms with Gasteiger partial charge in [0.1, 0.15) is 5.01 Å². The average Bonchev–Trinajstić information content (AvgIpc) is 3.24. The predicted molar refractivity (Wildman–Crippen MR) is 95.4 cm³/mol. The lowest BCUT2D eigenvalue weighted by molar-refractivity contribution is -0.117. The standard InChI is InChI=1S/C18H21N3O2S/c1-3-14(18-19-8-10-24-18)20-17(23)13-11-12(2)6-7-15(13)21-9-4-5-16(21)22/h6-8,10-11,14H,3-5,9H2,1-2H3,(H,20,23)/t14-/m1/s1. The minimum atomic E-state index is -0.157. The summed E-state index contributed by atoms with van der Waals surface area (Å²) in [5.74, 6) is -0.0738. The van der Waals surface area contributed by atoms with Crippen LogP contribution in [0.4, 0.5) is 5.69 Å². The normalized spacial score (nSPS) is 15.6. The van der Waals surface area contributed by atoms with E-state index in [-0.39, 0.29) is 17.9 Å². The van der Waals surface area contributed by atoms with Gasteiger partial charge in [0.25, 0.3) is 5.91 Å². The Morgan fingerprint density at radius 3 is 2.92 bits per heavy atom. The molecule has 1 fully saturated rings. The van der Waals surface area contributed by atoms with Gasteiger partial charge in [-0.1, -0.05) is 18.6 Å². The quantitative estimate of drug-likeness (QED) is 0.904. The molecule has 2 heterocycles. The summed E-state index contributed by atoms with van der Waals surface area (Å²) >= 11 is 1.54. The number of aryl methyl sites for hydroxylation is 1. The minimum absolute atomic E-state index is 0.0832. The molecule has 3 rings (SSSR count). The maximum atomic E-state index is 12.9. The van der Waals surface area contributed by atoms with Gasteiger partial charge in [0, 0.05) is 24.5 Å². The third kappa shape index (κ3) is 3.33. The molecule has 6 heteroatoms. The van der Waals surface area contributed by atoms with Crippen LogP contribution in [0.5, 0.6) is 0 Å². The molecule has 0 bridgehead atoms. The Kier molecular flexibility index (Phi) is 4.94. The molecule has 24 heavy (non-hydrogen) atoms. The van der Waals surface area contributed by atoms with Gasteiger partial charge in [0.15, 0.2) is 0 Å². The van der Waals surface area contributed by atoms with Gasteiger partial charge in [-0.3, -0.25) is 9.59 Å². The van der Waals surface area contributed by atoms with Gasteiger partial charge in [-0.15, -0.1) is 11.3 Å². The number of hydrogen-bond donors (Lipinski definition) is 1. The van der Waals surface area contributed by atoms with Crippen LogP contribution in [0.1, 0.15) is 53.2 Å². The van der Waals surface area contributed by atoms with Crippen LogP contribution >= 0.6 is 11.3 Å². The lowest BCUT2D eigenvalue weighted by atomic mass is 10.1. The Morgan fingerprint density at radius 2 is 2.29 bits per heavy atom. The highest BCUT2D eigenvalue weighted by atomic mass is 32.1. The van der Waals surface area contributed by atoms with E-state index in [4.69, 9.17) is 0 Å². The zero-order valence-corrected chi connectivity index (χ0v) is 14.7. The summed E-state index contributed by atoms with van der Waals surface area (Å²) in [6.45, 7) is 4.64. The van der Waals surface area contributed by atoms with Crippen LogP contribution < -0.4 is 10.2 Å². The first kappa shape index (κ1) is 16.6. The van der Waals surface area contributed by atoms with E-state index < -0.39 is 0 Å². The van der Waals surface area contributed by atoms with E-state index in [2.05, 4.69) is 10.3 Å². The molecule has 1 aromatic carbocycles. The van der Waals surface area contributed by atoms with Crippen molar-refractivity contribution >= 4 is 28.8 Å². The summed E-state index contributed by atoms with van der Waals surface area (Å²) in [4.78, 5) is 31.0. The largest absolute Gasteiger partial charge is 0.343 e. The molecule has 1 aliphatic heterocycles. The average molecular weight is 343 g/mol. The third-order valence-corrected chi connectivity index (χ3v) is 5.11. The minimum Gasteiger partial charge on any atom is -0.343 e. The number of aromatic nitrogens is 1. The predicted octanol–water partition coefficient (Wildman–Crippen LogP) is 3.46. The second-order valence-corrected chi connectivity index (χ2v) is 6.90. The van der Waals surface area contributed by atoms with Crippen LogP contribution in [-0.4, -0.2) is 23.3 Å². The molecule has 0 saturated carbocycles. The molecule has 2 aromatic rings. The lowest BCUT2D eigenvalue weighted by Gasteiger charge is -2.21. The summed E-state index contributed by atoms with van der Waals surface area (Å²) in [5.41, 5.74) is 2.26. The number of benzene rings is 1. The van der Waals surface area contributed by atoms with Gasteiger partial charge >= 0.3 is 0 Å². The Morgan fingerprint density at radius 1 is 1.46 bits per heavy atom. The molecule has 1 aliphatic rings. The number of amides is 2. The van der Waals surface area contributed by atoms with Crippen molar-refractivity contribution in [1.29, 1.82) is 0 Å². The molecule has 0 unspecified atom stereocenters. The maximum absolute atomic E-state index is 12.9. The molecule has 1 saturated heterocycles. The van der Waals surface area contributed by atoms with Crippen molar-refractivity contribution in [2.24, 2.45) is 0 Å². The maximum Gasteiger partial charge on any atom is 0.253 e. The Balaban J connectivity index is 1.88. The summed E-state index contributed by atoms with van der Waals surface area (Å²) in [6.07, 6.45) is 3.90. The van der Waals surface area contributed by atoms with Crippen LogP contribution in [0.25, 0.3) is 0 Å². The van der Waals surface area contributed by atoms with E-state index in [1.165, 1.54) is 11.3 Å². The van der Waals surface area contributed by atoms with Crippen molar-refractivity contribution in [2.75, 3.05) is 11.4 Å². The van der Waals surface area contributed by atoms with Crippen molar-refractivity contribution in [2.45, 2.75) is 39.2 Å².